The summed E-state index contributed by atoms with van der Waals surface area (Å²) in [6.45, 7) is 2.12. The van der Waals surface area contributed by atoms with Gasteiger partial charge in [-0.2, -0.15) is 5.10 Å². The van der Waals surface area contributed by atoms with E-state index >= 15 is 0 Å². The van der Waals surface area contributed by atoms with Crippen molar-refractivity contribution in [3.05, 3.63) is 30.0 Å². The van der Waals surface area contributed by atoms with Crippen molar-refractivity contribution in [3.8, 4) is 16.9 Å². The van der Waals surface area contributed by atoms with E-state index in [-0.39, 0.29) is 0 Å². The van der Waals surface area contributed by atoms with Crippen LogP contribution in [-0.2, 0) is 13.5 Å². The first-order chi connectivity index (χ1) is 8.15. The van der Waals surface area contributed by atoms with E-state index in [0.29, 0.717) is 5.82 Å². The Bertz CT molecular complexity index is 509. The van der Waals surface area contributed by atoms with E-state index in [2.05, 4.69) is 18.1 Å². The van der Waals surface area contributed by atoms with Gasteiger partial charge in [-0.05, 0) is 29.7 Å². The Morgan fingerprint density at radius 1 is 1.35 bits per heavy atom. The third-order valence-electron chi connectivity index (χ3n) is 2.91. The highest BCUT2D eigenvalue weighted by molar-refractivity contribution is 5.75. The predicted octanol–water partition coefficient (Wildman–Crippen LogP) is 2.24. The average Bonchev–Trinajstić information content (AvgIpc) is 2.69. The van der Waals surface area contributed by atoms with Crippen molar-refractivity contribution in [2.75, 3.05) is 12.8 Å². The molecule has 0 atom stereocenters. The zero-order valence-electron chi connectivity index (χ0n) is 10.4. The Labute approximate surface area is 101 Å². The lowest BCUT2D eigenvalue weighted by Gasteiger charge is -2.07. The number of hydrogen-bond donors (Lipinski definition) is 1. The summed E-state index contributed by atoms with van der Waals surface area (Å²) in [6, 6.07) is 6.14. The Balaban J connectivity index is 2.54. The number of nitrogens with two attached hydrogens (primary N) is 1. The van der Waals surface area contributed by atoms with Crippen LogP contribution < -0.4 is 10.5 Å². The molecule has 4 nitrogen and oxygen atoms in total. The van der Waals surface area contributed by atoms with Crippen molar-refractivity contribution in [1.82, 2.24) is 9.78 Å². The second-order valence-corrected chi connectivity index (χ2v) is 3.99. The molecular formula is C13H17N3O. The van der Waals surface area contributed by atoms with Crippen LogP contribution in [0.2, 0.25) is 0 Å². The van der Waals surface area contributed by atoms with Crippen LogP contribution in [0.3, 0.4) is 0 Å². The van der Waals surface area contributed by atoms with Crippen LogP contribution in [0.4, 0.5) is 5.82 Å². The minimum absolute atomic E-state index is 0.667. The third-order valence-corrected chi connectivity index (χ3v) is 2.91. The SMILES string of the molecule is CCc1cc(OC)cc(-c2cnn(C)c2N)c1. The monoisotopic (exact) mass is 231 g/mol. The first-order valence-electron chi connectivity index (χ1n) is 5.61. The molecule has 90 valence electrons. The van der Waals surface area contributed by atoms with Gasteiger partial charge in [-0.3, -0.25) is 4.68 Å². The molecule has 4 heteroatoms. The molecule has 0 unspecified atom stereocenters. The molecule has 1 heterocycles. The third kappa shape index (κ3) is 2.11. The zero-order chi connectivity index (χ0) is 12.4. The number of ether oxygens (including phenoxy) is 1. The van der Waals surface area contributed by atoms with Crippen molar-refractivity contribution in [2.24, 2.45) is 7.05 Å². The number of nitrogens with zero attached hydrogens (tertiary/aromatic N) is 2. The number of aromatic nitrogens is 2. The summed E-state index contributed by atoms with van der Waals surface area (Å²) < 4.78 is 6.96. The molecule has 17 heavy (non-hydrogen) atoms. The van der Waals surface area contributed by atoms with Crippen molar-refractivity contribution in [3.63, 3.8) is 0 Å². The van der Waals surface area contributed by atoms with E-state index in [1.54, 1.807) is 18.0 Å². The second-order valence-electron chi connectivity index (χ2n) is 3.99. The van der Waals surface area contributed by atoms with E-state index in [9.17, 15) is 0 Å². The molecule has 2 N–H and O–H groups in total. The lowest BCUT2D eigenvalue weighted by Crippen LogP contribution is -1.98. The van der Waals surface area contributed by atoms with Gasteiger partial charge in [0.05, 0.1) is 13.3 Å². The molecule has 0 bridgehead atoms. The Kier molecular flexibility index (Phi) is 3.04. The van der Waals surface area contributed by atoms with Gasteiger partial charge in [0.15, 0.2) is 0 Å². The first kappa shape index (κ1) is 11.5. The molecule has 0 aliphatic carbocycles. The Hall–Kier alpha value is -1.97. The summed E-state index contributed by atoms with van der Waals surface area (Å²) in [5.74, 6) is 1.52. The number of rotatable bonds is 3. The van der Waals surface area contributed by atoms with E-state index in [4.69, 9.17) is 10.5 Å². The molecule has 1 aromatic heterocycles. The molecule has 0 aliphatic rings. The number of benzene rings is 1. The van der Waals surface area contributed by atoms with Gasteiger partial charge in [0, 0.05) is 12.6 Å². The highest BCUT2D eigenvalue weighted by Gasteiger charge is 2.09. The first-order valence-corrected chi connectivity index (χ1v) is 5.61. The second kappa shape index (κ2) is 4.49. The van der Waals surface area contributed by atoms with Gasteiger partial charge in [-0.15, -0.1) is 0 Å². The Morgan fingerprint density at radius 3 is 2.65 bits per heavy atom. The van der Waals surface area contributed by atoms with E-state index in [1.807, 2.05) is 19.2 Å². The Morgan fingerprint density at radius 2 is 2.12 bits per heavy atom. The highest BCUT2D eigenvalue weighted by Crippen LogP contribution is 2.29. The molecule has 2 aromatic rings. The summed E-state index contributed by atoms with van der Waals surface area (Å²) in [6.07, 6.45) is 2.74. The molecule has 0 amide bonds. The zero-order valence-corrected chi connectivity index (χ0v) is 10.4. The van der Waals surface area contributed by atoms with Crippen LogP contribution >= 0.6 is 0 Å². The van der Waals surface area contributed by atoms with E-state index < -0.39 is 0 Å². The molecule has 1 aromatic carbocycles. The number of hydrogen-bond acceptors (Lipinski definition) is 3. The van der Waals surface area contributed by atoms with Crippen molar-refractivity contribution in [2.45, 2.75) is 13.3 Å². The highest BCUT2D eigenvalue weighted by atomic mass is 16.5. The summed E-state index contributed by atoms with van der Waals surface area (Å²) in [4.78, 5) is 0. The summed E-state index contributed by atoms with van der Waals surface area (Å²) >= 11 is 0. The van der Waals surface area contributed by atoms with Crippen molar-refractivity contribution in [1.29, 1.82) is 0 Å². The number of anilines is 1. The topological polar surface area (TPSA) is 53.1 Å². The number of aryl methyl sites for hydroxylation is 2. The molecule has 0 radical (unpaired) electrons. The normalized spacial score (nSPS) is 10.5. The van der Waals surface area contributed by atoms with Crippen molar-refractivity contribution < 1.29 is 4.74 Å². The minimum Gasteiger partial charge on any atom is -0.497 e. The summed E-state index contributed by atoms with van der Waals surface area (Å²) in [5, 5.41) is 4.15. The van der Waals surface area contributed by atoms with Crippen LogP contribution in [0.25, 0.3) is 11.1 Å². The fourth-order valence-electron chi connectivity index (χ4n) is 1.81. The quantitative estimate of drug-likeness (QED) is 0.881. The van der Waals surface area contributed by atoms with Crippen LogP contribution in [0.1, 0.15) is 12.5 Å². The van der Waals surface area contributed by atoms with Gasteiger partial charge in [0.25, 0.3) is 0 Å². The largest absolute Gasteiger partial charge is 0.497 e. The van der Waals surface area contributed by atoms with Gasteiger partial charge < -0.3 is 10.5 Å². The number of methoxy groups -OCH3 is 1. The molecule has 0 fully saturated rings. The maximum Gasteiger partial charge on any atom is 0.129 e. The smallest absolute Gasteiger partial charge is 0.129 e. The molecule has 2 rings (SSSR count). The van der Waals surface area contributed by atoms with E-state index in [1.165, 1.54) is 5.56 Å². The van der Waals surface area contributed by atoms with Crippen LogP contribution in [-0.4, -0.2) is 16.9 Å². The van der Waals surface area contributed by atoms with Crippen LogP contribution in [0.5, 0.6) is 5.75 Å². The average molecular weight is 231 g/mol. The lowest BCUT2D eigenvalue weighted by molar-refractivity contribution is 0.414. The lowest BCUT2D eigenvalue weighted by atomic mass is 10.0. The molecular weight excluding hydrogens is 214 g/mol. The molecule has 0 saturated heterocycles. The van der Waals surface area contributed by atoms with Crippen LogP contribution in [0, 0.1) is 0 Å². The summed E-state index contributed by atoms with van der Waals surface area (Å²) in [7, 11) is 3.50. The molecule has 0 saturated carbocycles. The van der Waals surface area contributed by atoms with Gasteiger partial charge in [-0.25, -0.2) is 0 Å². The van der Waals surface area contributed by atoms with Gasteiger partial charge in [0.1, 0.15) is 11.6 Å². The predicted molar refractivity (Wildman–Crippen MR) is 69.0 cm³/mol. The number of nitrogen functional groups attached to an aromatic ring is 1. The maximum atomic E-state index is 5.98. The maximum absolute atomic E-state index is 5.98. The van der Waals surface area contributed by atoms with Crippen molar-refractivity contribution >= 4 is 5.82 Å². The minimum atomic E-state index is 0.667. The van der Waals surface area contributed by atoms with Gasteiger partial charge in [0.2, 0.25) is 0 Å². The van der Waals surface area contributed by atoms with E-state index in [0.717, 1.165) is 23.3 Å². The standard InChI is InChI=1S/C13H17N3O/c1-4-9-5-10(7-11(6-9)17-3)12-8-15-16(2)13(12)14/h5-8H,4,14H2,1-3H3. The van der Waals surface area contributed by atoms with Gasteiger partial charge in [-0.1, -0.05) is 13.0 Å². The fourth-order valence-corrected chi connectivity index (χ4v) is 1.81. The van der Waals surface area contributed by atoms with Crippen LogP contribution in [0.15, 0.2) is 24.4 Å². The molecule has 0 aliphatic heterocycles. The van der Waals surface area contributed by atoms with Gasteiger partial charge >= 0.3 is 0 Å². The fraction of sp³-hybridized carbons (Fsp3) is 0.308. The molecule has 0 spiro atoms. The summed E-state index contributed by atoms with van der Waals surface area (Å²) in [5.41, 5.74) is 9.20.